The van der Waals surface area contributed by atoms with E-state index in [1.165, 1.54) is 0 Å². The maximum Gasteiger partial charge on any atom is 0.180 e. The van der Waals surface area contributed by atoms with Crippen LogP contribution in [0.5, 0.6) is 5.75 Å². The number of rotatable bonds is 5. The third kappa shape index (κ3) is 2.97. The minimum atomic E-state index is -0.226. The number of hydrogen-bond donors (Lipinski definition) is 1. The Morgan fingerprint density at radius 2 is 2.25 bits per heavy atom. The molecule has 4 heteroatoms. The summed E-state index contributed by atoms with van der Waals surface area (Å²) in [7, 11) is 1.56. The van der Waals surface area contributed by atoms with Crippen molar-refractivity contribution in [2.75, 3.05) is 13.7 Å². The summed E-state index contributed by atoms with van der Waals surface area (Å²) in [6.07, 6.45) is 0. The number of benzene rings is 1. The van der Waals surface area contributed by atoms with E-state index >= 15 is 0 Å². The summed E-state index contributed by atoms with van der Waals surface area (Å²) < 4.78 is 5.03. The molecule has 1 rings (SSSR count). The second kappa shape index (κ2) is 5.87. The van der Waals surface area contributed by atoms with Gasteiger partial charge in [0.1, 0.15) is 5.75 Å². The van der Waals surface area contributed by atoms with Crippen molar-refractivity contribution >= 4 is 17.4 Å². The molecule has 0 radical (unpaired) electrons. The van der Waals surface area contributed by atoms with Gasteiger partial charge in [0.25, 0.3) is 0 Å². The summed E-state index contributed by atoms with van der Waals surface area (Å²) in [4.78, 5) is 12.0. The smallest absolute Gasteiger partial charge is 0.180 e. The standard InChI is InChI=1S/C12H16ClNO2/c1-4-14-8(2)12(15)10-6-5-9(16-3)7-11(10)13/h5-8,14H,4H2,1-3H3. The maximum atomic E-state index is 12.0. The fourth-order valence-corrected chi connectivity index (χ4v) is 1.72. The van der Waals surface area contributed by atoms with Crippen LogP contribution in [0, 0.1) is 0 Å². The fourth-order valence-electron chi connectivity index (χ4n) is 1.45. The van der Waals surface area contributed by atoms with Crippen LogP contribution < -0.4 is 10.1 Å². The van der Waals surface area contributed by atoms with E-state index in [-0.39, 0.29) is 11.8 Å². The van der Waals surface area contributed by atoms with Crippen molar-refractivity contribution in [2.24, 2.45) is 0 Å². The van der Waals surface area contributed by atoms with E-state index in [4.69, 9.17) is 16.3 Å². The lowest BCUT2D eigenvalue weighted by molar-refractivity contribution is 0.0952. The number of carbonyl (C=O) groups excluding carboxylic acids is 1. The third-order valence-corrected chi connectivity index (χ3v) is 2.66. The molecule has 0 spiro atoms. The monoisotopic (exact) mass is 241 g/mol. The molecule has 0 fully saturated rings. The summed E-state index contributed by atoms with van der Waals surface area (Å²) in [5.74, 6) is 0.646. The summed E-state index contributed by atoms with van der Waals surface area (Å²) in [6, 6.07) is 4.85. The van der Waals surface area contributed by atoms with Crippen LogP contribution in [0.15, 0.2) is 18.2 Å². The Morgan fingerprint density at radius 3 is 2.75 bits per heavy atom. The largest absolute Gasteiger partial charge is 0.497 e. The van der Waals surface area contributed by atoms with Gasteiger partial charge < -0.3 is 10.1 Å². The van der Waals surface area contributed by atoms with Crippen LogP contribution in [-0.2, 0) is 0 Å². The molecule has 0 amide bonds. The molecular formula is C12H16ClNO2. The van der Waals surface area contributed by atoms with E-state index in [0.717, 1.165) is 6.54 Å². The second-order valence-electron chi connectivity index (χ2n) is 3.49. The first kappa shape index (κ1) is 13.0. The Bertz CT molecular complexity index is 379. The molecule has 1 N–H and O–H groups in total. The number of ether oxygens (including phenoxy) is 1. The highest BCUT2D eigenvalue weighted by molar-refractivity contribution is 6.34. The summed E-state index contributed by atoms with van der Waals surface area (Å²) >= 11 is 6.02. The van der Waals surface area contributed by atoms with Gasteiger partial charge in [0.05, 0.1) is 18.2 Å². The van der Waals surface area contributed by atoms with Crippen molar-refractivity contribution < 1.29 is 9.53 Å². The first-order valence-electron chi connectivity index (χ1n) is 5.21. The van der Waals surface area contributed by atoms with Gasteiger partial charge in [-0.1, -0.05) is 18.5 Å². The predicted molar refractivity (Wildman–Crippen MR) is 65.5 cm³/mol. The molecule has 1 aromatic rings. The fraction of sp³-hybridized carbons (Fsp3) is 0.417. The molecule has 0 saturated heterocycles. The van der Waals surface area contributed by atoms with Gasteiger partial charge in [-0.05, 0) is 31.7 Å². The molecule has 0 aliphatic heterocycles. The lowest BCUT2D eigenvalue weighted by Gasteiger charge is -2.12. The van der Waals surface area contributed by atoms with Crippen LogP contribution in [0.2, 0.25) is 5.02 Å². The van der Waals surface area contributed by atoms with Gasteiger partial charge in [-0.3, -0.25) is 4.79 Å². The lowest BCUT2D eigenvalue weighted by Crippen LogP contribution is -2.33. The number of likely N-dealkylation sites (N-methyl/N-ethyl adjacent to an activating group) is 1. The number of halogens is 1. The number of nitrogens with one attached hydrogen (secondary N) is 1. The van der Waals surface area contributed by atoms with E-state index in [1.54, 1.807) is 25.3 Å². The zero-order valence-corrected chi connectivity index (χ0v) is 10.5. The Morgan fingerprint density at radius 1 is 1.56 bits per heavy atom. The van der Waals surface area contributed by atoms with E-state index in [2.05, 4.69) is 5.32 Å². The van der Waals surface area contributed by atoms with Gasteiger partial charge >= 0.3 is 0 Å². The van der Waals surface area contributed by atoms with Crippen molar-refractivity contribution in [3.05, 3.63) is 28.8 Å². The zero-order valence-electron chi connectivity index (χ0n) is 9.71. The highest BCUT2D eigenvalue weighted by atomic mass is 35.5. The molecule has 0 aliphatic rings. The topological polar surface area (TPSA) is 38.3 Å². The Balaban J connectivity index is 2.91. The lowest BCUT2D eigenvalue weighted by atomic mass is 10.1. The number of methoxy groups -OCH3 is 1. The van der Waals surface area contributed by atoms with Crippen LogP contribution in [0.4, 0.5) is 0 Å². The van der Waals surface area contributed by atoms with Crippen molar-refractivity contribution in [1.29, 1.82) is 0 Å². The minimum Gasteiger partial charge on any atom is -0.497 e. The molecule has 3 nitrogen and oxygen atoms in total. The number of hydrogen-bond acceptors (Lipinski definition) is 3. The average Bonchev–Trinajstić information content (AvgIpc) is 2.28. The maximum absolute atomic E-state index is 12.0. The van der Waals surface area contributed by atoms with Crippen molar-refractivity contribution in [3.63, 3.8) is 0 Å². The van der Waals surface area contributed by atoms with Crippen molar-refractivity contribution in [3.8, 4) is 5.75 Å². The quantitative estimate of drug-likeness (QED) is 0.806. The Hall–Kier alpha value is -1.06. The van der Waals surface area contributed by atoms with Crippen molar-refractivity contribution in [2.45, 2.75) is 19.9 Å². The normalized spacial score (nSPS) is 12.2. The predicted octanol–water partition coefficient (Wildman–Crippen LogP) is 2.53. The summed E-state index contributed by atoms with van der Waals surface area (Å²) in [5.41, 5.74) is 0.524. The summed E-state index contributed by atoms with van der Waals surface area (Å²) in [6.45, 7) is 4.53. The Labute approximate surface area is 101 Å². The van der Waals surface area contributed by atoms with Crippen LogP contribution in [0.25, 0.3) is 0 Å². The molecule has 0 bridgehead atoms. The summed E-state index contributed by atoms with van der Waals surface area (Å²) in [5, 5.41) is 3.49. The van der Waals surface area contributed by atoms with E-state index in [1.807, 2.05) is 13.8 Å². The Kier molecular flexibility index (Phi) is 4.77. The minimum absolute atomic E-state index is 0.00509. The number of ketones is 1. The van der Waals surface area contributed by atoms with Gasteiger partial charge in [0, 0.05) is 5.56 Å². The number of Topliss-reactive ketones (excluding diaryl/α,β-unsaturated/α-hetero) is 1. The van der Waals surface area contributed by atoms with Crippen molar-refractivity contribution in [1.82, 2.24) is 5.32 Å². The molecule has 0 aliphatic carbocycles. The van der Waals surface area contributed by atoms with Gasteiger partial charge in [0.15, 0.2) is 5.78 Å². The first-order chi connectivity index (χ1) is 7.60. The first-order valence-corrected chi connectivity index (χ1v) is 5.59. The van der Waals surface area contributed by atoms with Gasteiger partial charge in [0.2, 0.25) is 0 Å². The molecule has 1 aromatic carbocycles. The number of carbonyl (C=O) groups is 1. The van der Waals surface area contributed by atoms with Crippen LogP contribution >= 0.6 is 11.6 Å². The molecule has 1 atom stereocenters. The molecule has 16 heavy (non-hydrogen) atoms. The van der Waals surface area contributed by atoms with E-state index in [0.29, 0.717) is 16.3 Å². The molecule has 1 unspecified atom stereocenters. The highest BCUT2D eigenvalue weighted by Gasteiger charge is 2.17. The van der Waals surface area contributed by atoms with Crippen LogP contribution in [-0.4, -0.2) is 25.5 Å². The zero-order chi connectivity index (χ0) is 12.1. The van der Waals surface area contributed by atoms with Gasteiger partial charge in [-0.15, -0.1) is 0 Å². The molecule has 0 aromatic heterocycles. The average molecular weight is 242 g/mol. The molecular weight excluding hydrogens is 226 g/mol. The second-order valence-corrected chi connectivity index (χ2v) is 3.90. The van der Waals surface area contributed by atoms with Gasteiger partial charge in [-0.25, -0.2) is 0 Å². The van der Waals surface area contributed by atoms with Crippen LogP contribution in [0.1, 0.15) is 24.2 Å². The SMILES string of the molecule is CCNC(C)C(=O)c1ccc(OC)cc1Cl. The highest BCUT2D eigenvalue weighted by Crippen LogP contribution is 2.23. The third-order valence-electron chi connectivity index (χ3n) is 2.35. The van der Waals surface area contributed by atoms with Crippen LogP contribution in [0.3, 0.4) is 0 Å². The molecule has 0 saturated carbocycles. The molecule has 88 valence electrons. The molecule has 0 heterocycles. The van der Waals surface area contributed by atoms with Gasteiger partial charge in [-0.2, -0.15) is 0 Å². The van der Waals surface area contributed by atoms with E-state index < -0.39 is 0 Å². The van der Waals surface area contributed by atoms with E-state index in [9.17, 15) is 4.79 Å².